The molecule has 4 nitrogen and oxygen atoms in total. The summed E-state index contributed by atoms with van der Waals surface area (Å²) in [6.45, 7) is 0. The summed E-state index contributed by atoms with van der Waals surface area (Å²) >= 11 is 0. The number of anilines is 3. The van der Waals surface area contributed by atoms with Gasteiger partial charge in [-0.25, -0.2) is 0 Å². The third-order valence-corrected chi connectivity index (χ3v) is 11.3. The Hall–Kier alpha value is -7.04. The van der Waals surface area contributed by atoms with Crippen LogP contribution in [0.2, 0.25) is 0 Å². The molecule has 0 saturated heterocycles. The minimum atomic E-state index is -0.563. The summed E-state index contributed by atoms with van der Waals surface area (Å²) in [4.78, 5) is 2.34. The van der Waals surface area contributed by atoms with Crippen LogP contribution in [0.3, 0.4) is 0 Å². The SMILES string of the molecule is c1ccc(N(c2ccc3oc4ccccc4c3c2)c2cccc3oc4cc5c(cc4c23)-c2ccccc2C52c3ccccc3Oc3ccccc32)cc1. The van der Waals surface area contributed by atoms with E-state index >= 15 is 0 Å². The molecular weight excluding hydrogens is 651 g/mol. The monoisotopic (exact) mass is 679 g/mol. The predicted octanol–water partition coefficient (Wildman–Crippen LogP) is 13.4. The Morgan fingerprint density at radius 1 is 0.377 bits per heavy atom. The van der Waals surface area contributed by atoms with Gasteiger partial charge in [-0.15, -0.1) is 0 Å². The van der Waals surface area contributed by atoms with Gasteiger partial charge in [-0.3, -0.25) is 0 Å². The first-order valence-corrected chi connectivity index (χ1v) is 18.0. The Morgan fingerprint density at radius 2 is 1.04 bits per heavy atom. The highest BCUT2D eigenvalue weighted by atomic mass is 16.5. The number of nitrogens with zero attached hydrogens (tertiary/aromatic N) is 1. The Labute approximate surface area is 304 Å². The normalized spacial score (nSPS) is 13.6. The van der Waals surface area contributed by atoms with Crippen molar-refractivity contribution in [2.75, 3.05) is 4.90 Å². The number of para-hydroxylation sites is 4. The highest BCUT2D eigenvalue weighted by molar-refractivity contribution is 6.16. The molecule has 0 unspecified atom stereocenters. The molecule has 4 heteroatoms. The maximum absolute atomic E-state index is 6.89. The molecule has 0 fully saturated rings. The molecular formula is C49H29NO3. The summed E-state index contributed by atoms with van der Waals surface area (Å²) in [7, 11) is 0. The van der Waals surface area contributed by atoms with E-state index in [0.717, 1.165) is 83.6 Å². The molecule has 0 N–H and O–H groups in total. The summed E-state index contributed by atoms with van der Waals surface area (Å²) in [6, 6.07) is 62.1. The number of hydrogen-bond donors (Lipinski definition) is 0. The molecule has 10 aromatic rings. The van der Waals surface area contributed by atoms with Crippen molar-refractivity contribution in [3.8, 4) is 22.6 Å². The number of ether oxygens (including phenoxy) is 1. The Kier molecular flexibility index (Phi) is 5.67. The molecule has 12 rings (SSSR count). The summed E-state index contributed by atoms with van der Waals surface area (Å²) in [5.41, 5.74) is 13.2. The molecule has 1 aliphatic carbocycles. The first kappa shape index (κ1) is 28.6. The van der Waals surface area contributed by atoms with Gasteiger partial charge in [0.2, 0.25) is 0 Å². The summed E-state index contributed by atoms with van der Waals surface area (Å²) < 4.78 is 19.7. The zero-order chi connectivity index (χ0) is 34.7. The molecule has 2 aliphatic rings. The van der Waals surface area contributed by atoms with E-state index in [9.17, 15) is 0 Å². The third-order valence-electron chi connectivity index (χ3n) is 11.3. The van der Waals surface area contributed by atoms with Crippen molar-refractivity contribution in [1.29, 1.82) is 0 Å². The summed E-state index contributed by atoms with van der Waals surface area (Å²) in [5.74, 6) is 1.75. The van der Waals surface area contributed by atoms with E-state index < -0.39 is 5.41 Å². The molecule has 0 amide bonds. The van der Waals surface area contributed by atoms with Gasteiger partial charge < -0.3 is 18.5 Å². The summed E-state index contributed by atoms with van der Waals surface area (Å²) in [5, 5.41) is 4.33. The fraction of sp³-hybridized carbons (Fsp3) is 0.0204. The number of furan rings is 2. The van der Waals surface area contributed by atoms with Crippen LogP contribution in [0.25, 0.3) is 55.0 Å². The number of fused-ring (bicyclic) bond motifs is 15. The van der Waals surface area contributed by atoms with Crippen LogP contribution >= 0.6 is 0 Å². The van der Waals surface area contributed by atoms with Crippen molar-refractivity contribution in [1.82, 2.24) is 0 Å². The Bertz CT molecular complexity index is 3070. The van der Waals surface area contributed by atoms with Crippen molar-refractivity contribution in [2.24, 2.45) is 0 Å². The van der Waals surface area contributed by atoms with Gasteiger partial charge in [0.05, 0.1) is 16.5 Å². The average Bonchev–Trinajstić information content (AvgIpc) is 3.86. The maximum atomic E-state index is 6.89. The number of benzene rings is 8. The minimum Gasteiger partial charge on any atom is -0.457 e. The smallest absolute Gasteiger partial charge is 0.137 e. The van der Waals surface area contributed by atoms with Crippen molar-refractivity contribution in [2.45, 2.75) is 5.41 Å². The maximum Gasteiger partial charge on any atom is 0.137 e. The third kappa shape index (κ3) is 3.79. The zero-order valence-corrected chi connectivity index (χ0v) is 28.4. The van der Waals surface area contributed by atoms with Gasteiger partial charge in [0.15, 0.2) is 0 Å². The van der Waals surface area contributed by atoms with Crippen molar-refractivity contribution in [3.05, 3.63) is 198 Å². The molecule has 53 heavy (non-hydrogen) atoms. The van der Waals surface area contributed by atoms with Crippen LogP contribution in [0.1, 0.15) is 22.3 Å². The Balaban J connectivity index is 1.15. The lowest BCUT2D eigenvalue weighted by molar-refractivity contribution is 0.436. The molecule has 1 spiro atoms. The Morgan fingerprint density at radius 3 is 1.87 bits per heavy atom. The molecule has 3 heterocycles. The van der Waals surface area contributed by atoms with Gasteiger partial charge in [-0.05, 0) is 95.1 Å². The molecule has 1 aliphatic heterocycles. The largest absolute Gasteiger partial charge is 0.457 e. The van der Waals surface area contributed by atoms with E-state index in [1.807, 2.05) is 12.1 Å². The van der Waals surface area contributed by atoms with Crippen LogP contribution in [0, 0.1) is 0 Å². The lowest BCUT2D eigenvalue weighted by Crippen LogP contribution is -2.32. The van der Waals surface area contributed by atoms with E-state index in [1.165, 1.54) is 22.3 Å². The molecule has 0 radical (unpaired) electrons. The molecule has 0 atom stereocenters. The lowest BCUT2D eigenvalue weighted by atomic mass is 9.66. The van der Waals surface area contributed by atoms with E-state index in [0.29, 0.717) is 0 Å². The van der Waals surface area contributed by atoms with Crippen LogP contribution in [0.5, 0.6) is 11.5 Å². The second-order valence-electron chi connectivity index (χ2n) is 14.0. The van der Waals surface area contributed by atoms with Crippen molar-refractivity contribution < 1.29 is 13.6 Å². The number of hydrogen-bond acceptors (Lipinski definition) is 4. The highest BCUT2D eigenvalue weighted by Crippen LogP contribution is 2.63. The van der Waals surface area contributed by atoms with Crippen LogP contribution < -0.4 is 9.64 Å². The molecule has 2 aromatic heterocycles. The molecule has 0 bridgehead atoms. The van der Waals surface area contributed by atoms with Crippen molar-refractivity contribution in [3.63, 3.8) is 0 Å². The van der Waals surface area contributed by atoms with Gasteiger partial charge in [0.1, 0.15) is 33.8 Å². The van der Waals surface area contributed by atoms with Crippen molar-refractivity contribution >= 4 is 60.9 Å². The van der Waals surface area contributed by atoms with Gasteiger partial charge in [-0.2, -0.15) is 0 Å². The van der Waals surface area contributed by atoms with Crippen LogP contribution in [0.15, 0.2) is 185 Å². The van der Waals surface area contributed by atoms with Gasteiger partial charge in [0.25, 0.3) is 0 Å². The van der Waals surface area contributed by atoms with E-state index in [1.54, 1.807) is 0 Å². The summed E-state index contributed by atoms with van der Waals surface area (Å²) in [6.07, 6.45) is 0. The van der Waals surface area contributed by atoms with Gasteiger partial charge >= 0.3 is 0 Å². The van der Waals surface area contributed by atoms with Gasteiger partial charge in [0, 0.05) is 38.7 Å². The van der Waals surface area contributed by atoms with Crippen LogP contribution in [-0.4, -0.2) is 0 Å². The topological polar surface area (TPSA) is 38.8 Å². The standard InChI is InChI=1S/C49H29NO3/c1-2-13-30(14-3-1)50(31-25-26-43-35(27-31)33-16-5-9-21-42(33)51-43)41-20-12-24-46-48(41)36-28-34-32-15-4-6-17-37(32)49(40(34)29-47(36)53-46)38-18-7-10-22-44(38)52-45-23-11-8-19-39(45)49/h1-29H. The molecule has 8 aromatic carbocycles. The molecule has 0 saturated carbocycles. The van der Waals surface area contributed by atoms with Crippen LogP contribution in [0.4, 0.5) is 17.1 Å². The fourth-order valence-electron chi connectivity index (χ4n) is 9.20. The first-order chi connectivity index (χ1) is 26.3. The highest BCUT2D eigenvalue weighted by Gasteiger charge is 2.51. The zero-order valence-electron chi connectivity index (χ0n) is 28.4. The molecule has 248 valence electrons. The minimum absolute atomic E-state index is 0.563. The quantitative estimate of drug-likeness (QED) is 0.186. The van der Waals surface area contributed by atoms with E-state index in [4.69, 9.17) is 13.6 Å². The fourth-order valence-corrected chi connectivity index (χ4v) is 9.20. The van der Waals surface area contributed by atoms with E-state index in [2.05, 4.69) is 169 Å². The van der Waals surface area contributed by atoms with E-state index in [-0.39, 0.29) is 0 Å². The number of rotatable bonds is 3. The average molecular weight is 680 g/mol. The predicted molar refractivity (Wildman–Crippen MR) is 213 cm³/mol. The van der Waals surface area contributed by atoms with Crippen LogP contribution in [-0.2, 0) is 5.41 Å². The first-order valence-electron chi connectivity index (χ1n) is 18.0. The lowest BCUT2D eigenvalue weighted by Gasteiger charge is -2.39. The van der Waals surface area contributed by atoms with Gasteiger partial charge in [-0.1, -0.05) is 103 Å². The second-order valence-corrected chi connectivity index (χ2v) is 14.0. The second kappa shape index (κ2) is 10.5.